The molecule has 17 heavy (non-hydrogen) atoms. The summed E-state index contributed by atoms with van der Waals surface area (Å²) in [7, 11) is 1.64. The van der Waals surface area contributed by atoms with Crippen LogP contribution in [0.15, 0.2) is 4.52 Å². The number of aromatic nitrogens is 2. The van der Waals surface area contributed by atoms with Crippen molar-refractivity contribution in [1.82, 2.24) is 15.5 Å². The molecule has 0 spiro atoms. The van der Waals surface area contributed by atoms with E-state index >= 15 is 0 Å². The van der Waals surface area contributed by atoms with Crippen LogP contribution in [0.25, 0.3) is 0 Å². The highest BCUT2D eigenvalue weighted by atomic mass is 16.5. The third-order valence-electron chi connectivity index (χ3n) is 3.10. The molecule has 1 aliphatic heterocycles. The van der Waals surface area contributed by atoms with Gasteiger partial charge in [-0.25, -0.2) is 0 Å². The van der Waals surface area contributed by atoms with E-state index in [0.717, 1.165) is 13.0 Å². The molecule has 0 bridgehead atoms. The molecule has 2 heterocycles. The zero-order chi connectivity index (χ0) is 12.3. The molecule has 2 atom stereocenters. The molecular weight excluding hydrogens is 222 g/mol. The van der Waals surface area contributed by atoms with Crippen LogP contribution in [0.2, 0.25) is 0 Å². The van der Waals surface area contributed by atoms with Gasteiger partial charge in [-0.1, -0.05) is 5.16 Å². The quantitative estimate of drug-likeness (QED) is 0.785. The molecule has 0 saturated carbocycles. The number of ether oxygens (including phenoxy) is 1. The zero-order valence-electron chi connectivity index (χ0n) is 10.3. The van der Waals surface area contributed by atoms with Crippen LogP contribution in [0.4, 0.5) is 0 Å². The molecule has 0 aliphatic carbocycles. The third kappa shape index (κ3) is 2.83. The fraction of sp³-hybridized carbons (Fsp3) is 0.818. The highest BCUT2D eigenvalue weighted by Crippen LogP contribution is 2.26. The number of methoxy groups -OCH3 is 1. The number of hydrogen-bond acceptors (Lipinski definition) is 6. The van der Waals surface area contributed by atoms with Gasteiger partial charge in [0, 0.05) is 20.1 Å². The lowest BCUT2D eigenvalue weighted by Gasteiger charge is -2.28. The Kier molecular flexibility index (Phi) is 3.76. The van der Waals surface area contributed by atoms with E-state index in [1.54, 1.807) is 7.11 Å². The maximum atomic E-state index is 10.4. The molecule has 1 fully saturated rings. The molecule has 96 valence electrons. The number of hydrogen-bond donors (Lipinski definition) is 2. The summed E-state index contributed by atoms with van der Waals surface area (Å²) < 4.78 is 10.3. The first-order valence-electron chi connectivity index (χ1n) is 5.93. The fourth-order valence-corrected chi connectivity index (χ4v) is 1.94. The number of β-amino-alcohol motifs (C(OH)–C–C–N with tert-alkyl or cyclic N) is 1. The van der Waals surface area contributed by atoms with Gasteiger partial charge >= 0.3 is 0 Å². The standard InChI is InChI=1S/C11H19N3O3/c1-8(16-2)6-9-13-10(17-14-9)11(15)4-3-5-12-7-11/h8,12,15H,3-7H2,1-2H3. The molecule has 1 aliphatic rings. The second kappa shape index (κ2) is 5.12. The molecule has 6 nitrogen and oxygen atoms in total. The van der Waals surface area contributed by atoms with E-state index < -0.39 is 5.60 Å². The largest absolute Gasteiger partial charge is 0.381 e. The Morgan fingerprint density at radius 3 is 3.12 bits per heavy atom. The van der Waals surface area contributed by atoms with Crippen molar-refractivity contribution in [2.24, 2.45) is 0 Å². The van der Waals surface area contributed by atoms with E-state index in [4.69, 9.17) is 9.26 Å². The van der Waals surface area contributed by atoms with Gasteiger partial charge in [-0.15, -0.1) is 0 Å². The van der Waals surface area contributed by atoms with Crippen molar-refractivity contribution in [2.75, 3.05) is 20.2 Å². The van der Waals surface area contributed by atoms with Crippen molar-refractivity contribution in [3.8, 4) is 0 Å². The number of nitrogens with zero attached hydrogens (tertiary/aromatic N) is 2. The summed E-state index contributed by atoms with van der Waals surface area (Å²) in [4.78, 5) is 4.25. The molecule has 1 aromatic rings. The Bertz CT molecular complexity index is 361. The van der Waals surface area contributed by atoms with Crippen LogP contribution in [-0.4, -0.2) is 41.6 Å². The molecular formula is C11H19N3O3. The maximum absolute atomic E-state index is 10.4. The lowest BCUT2D eigenvalue weighted by molar-refractivity contribution is -0.0167. The van der Waals surface area contributed by atoms with E-state index in [-0.39, 0.29) is 6.10 Å². The average Bonchev–Trinajstić information content (AvgIpc) is 2.79. The minimum absolute atomic E-state index is 0.0413. The fourth-order valence-electron chi connectivity index (χ4n) is 1.94. The first-order valence-corrected chi connectivity index (χ1v) is 5.93. The Morgan fingerprint density at radius 1 is 1.65 bits per heavy atom. The Hall–Kier alpha value is -0.980. The lowest BCUT2D eigenvalue weighted by Crippen LogP contribution is -2.43. The summed E-state index contributed by atoms with van der Waals surface area (Å²) >= 11 is 0. The summed E-state index contributed by atoms with van der Waals surface area (Å²) in [6.45, 7) is 3.32. The topological polar surface area (TPSA) is 80.4 Å². The van der Waals surface area contributed by atoms with Gasteiger partial charge in [0.05, 0.1) is 6.10 Å². The van der Waals surface area contributed by atoms with Crippen molar-refractivity contribution in [3.05, 3.63) is 11.7 Å². The van der Waals surface area contributed by atoms with Gasteiger partial charge in [-0.2, -0.15) is 4.98 Å². The smallest absolute Gasteiger partial charge is 0.259 e. The Balaban J connectivity index is 2.06. The molecule has 6 heteroatoms. The van der Waals surface area contributed by atoms with E-state index in [1.165, 1.54) is 0 Å². The highest BCUT2D eigenvalue weighted by molar-refractivity contribution is 5.02. The molecule has 2 N–H and O–H groups in total. The SMILES string of the molecule is COC(C)Cc1noc(C2(O)CCCNC2)n1. The van der Waals surface area contributed by atoms with Gasteiger partial charge in [0.25, 0.3) is 5.89 Å². The van der Waals surface area contributed by atoms with E-state index in [9.17, 15) is 5.11 Å². The van der Waals surface area contributed by atoms with Gasteiger partial charge in [0.2, 0.25) is 0 Å². The summed E-state index contributed by atoms with van der Waals surface area (Å²) in [6.07, 6.45) is 2.19. The van der Waals surface area contributed by atoms with Crippen LogP contribution in [0, 0.1) is 0 Å². The Morgan fingerprint density at radius 2 is 2.47 bits per heavy atom. The number of rotatable bonds is 4. The number of piperidine rings is 1. The second-order valence-corrected chi connectivity index (χ2v) is 4.58. The number of nitrogens with one attached hydrogen (secondary N) is 1. The number of aliphatic hydroxyl groups is 1. The van der Waals surface area contributed by atoms with E-state index in [1.807, 2.05) is 6.92 Å². The van der Waals surface area contributed by atoms with Crippen LogP contribution in [-0.2, 0) is 16.8 Å². The molecule has 0 radical (unpaired) electrons. The van der Waals surface area contributed by atoms with Crippen LogP contribution in [0.1, 0.15) is 31.5 Å². The predicted molar refractivity (Wildman–Crippen MR) is 60.5 cm³/mol. The van der Waals surface area contributed by atoms with Gasteiger partial charge in [-0.05, 0) is 26.3 Å². The third-order valence-corrected chi connectivity index (χ3v) is 3.10. The molecule has 1 aromatic heterocycles. The van der Waals surface area contributed by atoms with E-state index in [0.29, 0.717) is 31.1 Å². The lowest BCUT2D eigenvalue weighted by atomic mass is 9.94. The van der Waals surface area contributed by atoms with Gasteiger partial charge in [0.1, 0.15) is 0 Å². The summed E-state index contributed by atoms with van der Waals surface area (Å²) in [5.74, 6) is 0.886. The first kappa shape index (κ1) is 12.5. The van der Waals surface area contributed by atoms with Crippen molar-refractivity contribution < 1.29 is 14.4 Å². The second-order valence-electron chi connectivity index (χ2n) is 4.58. The van der Waals surface area contributed by atoms with Crippen molar-refractivity contribution >= 4 is 0 Å². The summed E-state index contributed by atoms with van der Waals surface area (Å²) in [5.41, 5.74) is -1.01. The van der Waals surface area contributed by atoms with Crippen molar-refractivity contribution in [3.63, 3.8) is 0 Å². The minimum Gasteiger partial charge on any atom is -0.381 e. The molecule has 2 unspecified atom stereocenters. The maximum Gasteiger partial charge on any atom is 0.259 e. The van der Waals surface area contributed by atoms with Gasteiger partial charge in [0.15, 0.2) is 11.4 Å². The molecule has 0 amide bonds. The molecule has 1 saturated heterocycles. The normalized spacial score (nSPS) is 27.0. The van der Waals surface area contributed by atoms with Crippen molar-refractivity contribution in [1.29, 1.82) is 0 Å². The predicted octanol–water partition coefficient (Wildman–Crippen LogP) is 0.218. The average molecular weight is 241 g/mol. The zero-order valence-corrected chi connectivity index (χ0v) is 10.3. The molecule has 2 rings (SSSR count). The molecule has 0 aromatic carbocycles. The minimum atomic E-state index is -1.01. The highest BCUT2D eigenvalue weighted by Gasteiger charge is 2.37. The van der Waals surface area contributed by atoms with Crippen LogP contribution in [0.3, 0.4) is 0 Å². The summed E-state index contributed by atoms with van der Waals surface area (Å²) in [5, 5.41) is 17.4. The van der Waals surface area contributed by atoms with Gasteiger partial charge in [-0.3, -0.25) is 0 Å². The first-order chi connectivity index (χ1) is 8.14. The Labute approximate surface area is 100 Å². The van der Waals surface area contributed by atoms with Crippen molar-refractivity contribution in [2.45, 2.75) is 37.9 Å². The summed E-state index contributed by atoms with van der Waals surface area (Å²) in [6, 6.07) is 0. The van der Waals surface area contributed by atoms with Crippen LogP contribution >= 0.6 is 0 Å². The van der Waals surface area contributed by atoms with Crippen LogP contribution in [0.5, 0.6) is 0 Å². The van der Waals surface area contributed by atoms with E-state index in [2.05, 4.69) is 15.5 Å². The van der Waals surface area contributed by atoms with Crippen LogP contribution < -0.4 is 5.32 Å². The van der Waals surface area contributed by atoms with Gasteiger partial charge < -0.3 is 19.7 Å². The monoisotopic (exact) mass is 241 g/mol.